The van der Waals surface area contributed by atoms with Crippen LogP contribution in [0.2, 0.25) is 0 Å². The average Bonchev–Trinajstić information content (AvgIpc) is 2.50. The normalized spacial score (nSPS) is 15.3. The molecule has 0 aromatic rings. The third kappa shape index (κ3) is 13.8. The minimum atomic E-state index is -4.48. The van der Waals surface area contributed by atoms with Gasteiger partial charge in [-0.3, -0.25) is 23.7 Å². The van der Waals surface area contributed by atoms with Gasteiger partial charge in [0.15, 0.2) is 0 Å². The third-order valence-electron chi connectivity index (χ3n) is 3.28. The molecule has 0 heterocycles. The number of carboxylic acids is 3. The van der Waals surface area contributed by atoms with Crippen molar-refractivity contribution in [3.05, 3.63) is 0 Å². The van der Waals surface area contributed by atoms with Crippen LogP contribution in [0.15, 0.2) is 0 Å². The van der Waals surface area contributed by atoms with Crippen molar-refractivity contribution in [2.75, 3.05) is 6.61 Å². The van der Waals surface area contributed by atoms with Gasteiger partial charge < -0.3 is 25.5 Å². The van der Waals surface area contributed by atoms with Crippen LogP contribution in [0.25, 0.3) is 0 Å². The van der Waals surface area contributed by atoms with Gasteiger partial charge in [-0.15, -0.1) is 0 Å². The molecule has 12 nitrogen and oxygen atoms in total. The van der Waals surface area contributed by atoms with Crippen LogP contribution in [0.1, 0.15) is 45.4 Å². The van der Waals surface area contributed by atoms with Gasteiger partial charge >= 0.3 is 25.7 Å². The summed E-state index contributed by atoms with van der Waals surface area (Å²) in [5.41, 5.74) is 0. The van der Waals surface area contributed by atoms with E-state index < -0.39 is 50.6 Å². The van der Waals surface area contributed by atoms with Crippen LogP contribution in [0, 0.1) is 0 Å². The Labute approximate surface area is 155 Å². The van der Waals surface area contributed by atoms with Gasteiger partial charge in [0.2, 0.25) is 5.91 Å². The van der Waals surface area contributed by atoms with Crippen molar-refractivity contribution in [3.63, 3.8) is 0 Å². The van der Waals surface area contributed by atoms with E-state index in [-0.39, 0.29) is 38.2 Å². The Morgan fingerprint density at radius 1 is 1.00 bits per heavy atom. The first-order chi connectivity index (χ1) is 12.4. The van der Waals surface area contributed by atoms with Gasteiger partial charge in [0, 0.05) is 25.3 Å². The van der Waals surface area contributed by atoms with E-state index in [1.54, 1.807) is 6.92 Å². The third-order valence-corrected chi connectivity index (χ3v) is 4.45. The van der Waals surface area contributed by atoms with Gasteiger partial charge in [0.1, 0.15) is 6.04 Å². The Bertz CT molecular complexity index is 582. The van der Waals surface area contributed by atoms with Crippen LogP contribution in [-0.4, -0.2) is 62.7 Å². The topological polar surface area (TPSA) is 200 Å². The van der Waals surface area contributed by atoms with Gasteiger partial charge in [-0.05, 0) is 26.2 Å². The molecule has 1 amide bonds. The van der Waals surface area contributed by atoms with Crippen LogP contribution in [-0.2, 0) is 28.3 Å². The second kappa shape index (κ2) is 12.4. The molecular weight excluding hydrogens is 387 g/mol. The van der Waals surface area contributed by atoms with Gasteiger partial charge in [0.05, 0.1) is 6.61 Å². The molecule has 0 spiro atoms. The fraction of sp³-hybridized carbons (Fsp3) is 0.714. The van der Waals surface area contributed by atoms with Gasteiger partial charge in [-0.2, -0.15) is 0 Å². The monoisotopic (exact) mass is 412 g/mol. The summed E-state index contributed by atoms with van der Waals surface area (Å²) in [6, 6.07) is -1.99. The van der Waals surface area contributed by atoms with Crippen LogP contribution in [0.3, 0.4) is 0 Å². The van der Waals surface area contributed by atoms with Gasteiger partial charge in [0.25, 0.3) is 0 Å². The van der Waals surface area contributed by atoms with E-state index in [1.807, 2.05) is 5.09 Å². The van der Waals surface area contributed by atoms with Crippen LogP contribution < -0.4 is 10.4 Å². The quantitative estimate of drug-likeness (QED) is 0.200. The second-order valence-corrected chi connectivity index (χ2v) is 7.37. The summed E-state index contributed by atoms with van der Waals surface area (Å²) in [6.45, 7) is 1.34. The lowest BCUT2D eigenvalue weighted by molar-refractivity contribution is -0.141. The Kier molecular flexibility index (Phi) is 11.5. The van der Waals surface area contributed by atoms with Crippen molar-refractivity contribution in [3.8, 4) is 0 Å². The van der Waals surface area contributed by atoms with E-state index in [2.05, 4.69) is 5.32 Å². The Morgan fingerprint density at radius 2 is 1.59 bits per heavy atom. The molecule has 27 heavy (non-hydrogen) atoms. The molecule has 0 aromatic heterocycles. The summed E-state index contributed by atoms with van der Waals surface area (Å²) in [7, 11) is -4.48. The Morgan fingerprint density at radius 3 is 2.11 bits per heavy atom. The molecule has 0 saturated heterocycles. The van der Waals surface area contributed by atoms with Crippen molar-refractivity contribution in [1.82, 2.24) is 10.4 Å². The smallest absolute Gasteiger partial charge is 0.403 e. The highest BCUT2D eigenvalue weighted by atomic mass is 31.2. The Balaban J connectivity index is 4.25. The number of aliphatic carboxylic acids is 3. The summed E-state index contributed by atoms with van der Waals surface area (Å²) < 4.78 is 16.6. The predicted molar refractivity (Wildman–Crippen MR) is 90.9 cm³/mol. The van der Waals surface area contributed by atoms with Gasteiger partial charge in [-0.1, -0.05) is 0 Å². The van der Waals surface area contributed by atoms with E-state index in [4.69, 9.17) is 19.8 Å². The largest absolute Gasteiger partial charge is 0.481 e. The molecular formula is C14H25N2O10P. The molecule has 0 bridgehead atoms. The highest BCUT2D eigenvalue weighted by molar-refractivity contribution is 7.50. The standard InChI is InChI=1S/C14H25N2O10P/c1-9(15-11(17)3-2-4-12(18)19)7-8-26-27(24,25)16-10(14(22)23)5-6-13(20)21/h9-10H,2-8H2,1H3,(H,15,17)(H,18,19)(H,20,21)(H,22,23)(H2,16,24,25). The van der Waals surface area contributed by atoms with Crippen molar-refractivity contribution in [2.24, 2.45) is 0 Å². The SMILES string of the molecule is CC(CCOP(=O)(O)NC(CCC(=O)O)C(=O)O)NC(=O)CCCC(=O)O. The fourth-order valence-corrected chi connectivity index (χ4v) is 2.98. The lowest BCUT2D eigenvalue weighted by Crippen LogP contribution is -2.36. The number of nitrogens with one attached hydrogen (secondary N) is 2. The Hall–Kier alpha value is -2.01. The number of carboxylic acid groups (broad SMARTS) is 3. The van der Waals surface area contributed by atoms with E-state index in [0.717, 1.165) is 0 Å². The zero-order valence-electron chi connectivity index (χ0n) is 14.8. The molecule has 0 rings (SSSR count). The summed E-state index contributed by atoms with van der Waals surface area (Å²) >= 11 is 0. The maximum absolute atomic E-state index is 11.9. The maximum atomic E-state index is 11.9. The van der Waals surface area contributed by atoms with Crippen LogP contribution >= 0.6 is 7.75 Å². The number of hydrogen-bond donors (Lipinski definition) is 6. The molecule has 0 saturated carbocycles. The predicted octanol–water partition coefficient (Wildman–Crippen LogP) is 0.161. The van der Waals surface area contributed by atoms with Crippen molar-refractivity contribution in [2.45, 2.75) is 57.5 Å². The summed E-state index contributed by atoms with van der Waals surface area (Å²) in [4.78, 5) is 53.0. The highest BCUT2D eigenvalue weighted by Gasteiger charge is 2.29. The summed E-state index contributed by atoms with van der Waals surface area (Å²) in [5.74, 6) is -4.10. The molecule has 156 valence electrons. The minimum absolute atomic E-state index is 0.0292. The lowest BCUT2D eigenvalue weighted by Gasteiger charge is -2.19. The van der Waals surface area contributed by atoms with Gasteiger partial charge in [-0.25, -0.2) is 9.65 Å². The molecule has 3 atom stereocenters. The molecule has 0 aliphatic rings. The molecule has 13 heteroatoms. The lowest BCUT2D eigenvalue weighted by atomic mass is 10.2. The number of rotatable bonds is 15. The number of carbonyl (C=O) groups is 4. The first-order valence-corrected chi connectivity index (χ1v) is 9.71. The van der Waals surface area contributed by atoms with E-state index in [0.29, 0.717) is 0 Å². The zero-order chi connectivity index (χ0) is 21.0. The molecule has 6 N–H and O–H groups in total. The maximum Gasteiger partial charge on any atom is 0.403 e. The zero-order valence-corrected chi connectivity index (χ0v) is 15.7. The molecule has 3 unspecified atom stereocenters. The van der Waals surface area contributed by atoms with Crippen molar-refractivity contribution < 1.29 is 48.5 Å². The van der Waals surface area contributed by atoms with E-state index in [1.165, 1.54) is 0 Å². The highest BCUT2D eigenvalue weighted by Crippen LogP contribution is 2.38. The van der Waals surface area contributed by atoms with Crippen LogP contribution in [0.4, 0.5) is 0 Å². The second-order valence-electron chi connectivity index (χ2n) is 5.81. The molecule has 0 radical (unpaired) electrons. The van der Waals surface area contributed by atoms with Crippen LogP contribution in [0.5, 0.6) is 0 Å². The molecule has 0 aromatic carbocycles. The van der Waals surface area contributed by atoms with Crippen molar-refractivity contribution >= 4 is 31.6 Å². The summed E-state index contributed by atoms with van der Waals surface area (Å²) in [5, 5.41) is 30.4. The number of amides is 1. The minimum Gasteiger partial charge on any atom is -0.481 e. The van der Waals surface area contributed by atoms with E-state index >= 15 is 0 Å². The average molecular weight is 412 g/mol. The fourth-order valence-electron chi connectivity index (χ4n) is 1.92. The molecule has 0 aliphatic carbocycles. The number of hydrogen-bond acceptors (Lipinski definition) is 6. The first-order valence-electron chi connectivity index (χ1n) is 8.14. The first kappa shape index (κ1) is 25.0. The molecule has 0 fully saturated rings. The van der Waals surface area contributed by atoms with Crippen molar-refractivity contribution in [1.29, 1.82) is 0 Å². The number of carbonyl (C=O) groups excluding carboxylic acids is 1. The summed E-state index contributed by atoms with van der Waals surface area (Å²) in [6.07, 6.45) is -0.675. The van der Waals surface area contributed by atoms with E-state index in [9.17, 15) is 28.6 Å². The molecule has 0 aliphatic heterocycles.